The summed E-state index contributed by atoms with van der Waals surface area (Å²) in [6.45, 7) is 0.771. The Labute approximate surface area is 149 Å². The Morgan fingerprint density at radius 1 is 1.33 bits per heavy atom. The molecular weight excluding hydrogens is 342 g/mol. The smallest absolute Gasteiger partial charge is 0.203 e. The number of rotatable bonds is 5. The molecule has 3 aromatic rings. The van der Waals surface area contributed by atoms with E-state index in [9.17, 15) is 0 Å². The van der Waals surface area contributed by atoms with Gasteiger partial charge in [0.05, 0.1) is 5.25 Å². The standard InChI is InChI=1S/C17H18ClN5S/c18-13-4-1-3-12(11-13)6-7-19-15-17-22-21-16(14-5-2-10-24-14)23(17)9-8-20-15/h1,3-4,8-9,11,14H,2,5-7,10H2,(H,19,20)/t14-/m0/s1. The number of nitrogens with zero attached hydrogens (tertiary/aromatic N) is 4. The first-order valence-electron chi connectivity index (χ1n) is 8.11. The third-order valence-corrected chi connectivity index (χ3v) is 5.77. The summed E-state index contributed by atoms with van der Waals surface area (Å²) in [5, 5.41) is 13.4. The minimum atomic E-state index is 0.446. The van der Waals surface area contributed by atoms with Crippen LogP contribution in [0.2, 0.25) is 5.02 Å². The summed E-state index contributed by atoms with van der Waals surface area (Å²) < 4.78 is 2.07. The lowest BCUT2D eigenvalue weighted by Gasteiger charge is -2.09. The van der Waals surface area contributed by atoms with Gasteiger partial charge in [-0.1, -0.05) is 23.7 Å². The summed E-state index contributed by atoms with van der Waals surface area (Å²) >= 11 is 7.99. The second-order valence-corrected chi connectivity index (χ2v) is 7.58. The van der Waals surface area contributed by atoms with Crippen LogP contribution in [-0.2, 0) is 6.42 Å². The molecule has 0 radical (unpaired) electrons. The van der Waals surface area contributed by atoms with Crippen LogP contribution in [-0.4, -0.2) is 31.9 Å². The van der Waals surface area contributed by atoms with Crippen molar-refractivity contribution in [3.8, 4) is 0 Å². The molecule has 124 valence electrons. The number of halogens is 1. The summed E-state index contributed by atoms with van der Waals surface area (Å²) in [4.78, 5) is 4.43. The molecule has 0 aliphatic carbocycles. The van der Waals surface area contributed by atoms with Crippen molar-refractivity contribution in [2.45, 2.75) is 24.5 Å². The van der Waals surface area contributed by atoms with Gasteiger partial charge in [0.15, 0.2) is 11.6 Å². The summed E-state index contributed by atoms with van der Waals surface area (Å²) in [6.07, 6.45) is 7.06. The highest BCUT2D eigenvalue weighted by Crippen LogP contribution is 2.39. The Balaban J connectivity index is 1.50. The topological polar surface area (TPSA) is 55.1 Å². The molecule has 1 aromatic carbocycles. The van der Waals surface area contributed by atoms with Crippen molar-refractivity contribution in [2.75, 3.05) is 17.6 Å². The van der Waals surface area contributed by atoms with Crippen molar-refractivity contribution in [3.63, 3.8) is 0 Å². The van der Waals surface area contributed by atoms with Crippen LogP contribution in [0.15, 0.2) is 36.7 Å². The highest BCUT2D eigenvalue weighted by atomic mass is 35.5. The fourth-order valence-corrected chi connectivity index (χ4v) is 4.46. The maximum absolute atomic E-state index is 6.03. The predicted octanol–water partition coefficient (Wildman–Crippen LogP) is 4.00. The van der Waals surface area contributed by atoms with Gasteiger partial charge >= 0.3 is 0 Å². The van der Waals surface area contributed by atoms with E-state index >= 15 is 0 Å². The van der Waals surface area contributed by atoms with E-state index in [0.717, 1.165) is 35.3 Å². The molecule has 5 nitrogen and oxygen atoms in total. The van der Waals surface area contributed by atoms with E-state index in [0.29, 0.717) is 5.25 Å². The van der Waals surface area contributed by atoms with Crippen molar-refractivity contribution in [3.05, 3.63) is 53.1 Å². The highest BCUT2D eigenvalue weighted by molar-refractivity contribution is 7.99. The predicted molar refractivity (Wildman–Crippen MR) is 98.9 cm³/mol. The average Bonchev–Trinajstić information content (AvgIpc) is 3.24. The van der Waals surface area contributed by atoms with Crippen molar-refractivity contribution < 1.29 is 0 Å². The minimum Gasteiger partial charge on any atom is -0.367 e. The van der Waals surface area contributed by atoms with Gasteiger partial charge in [-0.05, 0) is 42.7 Å². The molecule has 0 bridgehead atoms. The van der Waals surface area contributed by atoms with Crippen molar-refractivity contribution in [1.29, 1.82) is 0 Å². The molecule has 1 aliphatic heterocycles. The minimum absolute atomic E-state index is 0.446. The van der Waals surface area contributed by atoms with Gasteiger partial charge in [0.25, 0.3) is 0 Å². The van der Waals surface area contributed by atoms with Crippen LogP contribution in [0.4, 0.5) is 5.82 Å². The van der Waals surface area contributed by atoms with E-state index in [-0.39, 0.29) is 0 Å². The zero-order chi connectivity index (χ0) is 16.4. The average molecular weight is 360 g/mol. The number of aromatic nitrogens is 4. The van der Waals surface area contributed by atoms with Gasteiger partial charge in [-0.25, -0.2) is 4.98 Å². The summed E-state index contributed by atoms with van der Waals surface area (Å²) in [5.41, 5.74) is 2.00. The van der Waals surface area contributed by atoms with Crippen LogP contribution < -0.4 is 5.32 Å². The molecule has 4 rings (SSSR count). The lowest BCUT2D eigenvalue weighted by molar-refractivity contribution is 0.765. The first-order chi connectivity index (χ1) is 11.8. The maximum Gasteiger partial charge on any atom is 0.203 e. The molecule has 0 unspecified atom stereocenters. The molecule has 1 aliphatic rings. The van der Waals surface area contributed by atoms with E-state index in [2.05, 4.69) is 31.0 Å². The zero-order valence-corrected chi connectivity index (χ0v) is 14.7. The quantitative estimate of drug-likeness (QED) is 0.746. The number of fused-ring (bicyclic) bond motifs is 1. The Morgan fingerprint density at radius 3 is 3.12 bits per heavy atom. The van der Waals surface area contributed by atoms with E-state index in [4.69, 9.17) is 11.6 Å². The third kappa shape index (κ3) is 3.21. The largest absolute Gasteiger partial charge is 0.367 e. The first-order valence-corrected chi connectivity index (χ1v) is 9.53. The second-order valence-electron chi connectivity index (χ2n) is 5.84. The Bertz CT molecular complexity index is 844. The Morgan fingerprint density at radius 2 is 2.29 bits per heavy atom. The van der Waals surface area contributed by atoms with Crippen molar-refractivity contribution in [2.24, 2.45) is 0 Å². The fourth-order valence-electron chi connectivity index (χ4n) is 2.99. The summed E-state index contributed by atoms with van der Waals surface area (Å²) in [5.74, 6) is 3.02. The Kier molecular flexibility index (Phi) is 4.58. The molecule has 7 heteroatoms. The van der Waals surface area contributed by atoms with Crippen molar-refractivity contribution in [1.82, 2.24) is 19.6 Å². The van der Waals surface area contributed by atoms with Crippen LogP contribution in [0.3, 0.4) is 0 Å². The number of hydrogen-bond donors (Lipinski definition) is 1. The number of benzene rings is 1. The van der Waals surface area contributed by atoms with Crippen LogP contribution in [0.1, 0.15) is 29.5 Å². The van der Waals surface area contributed by atoms with Crippen molar-refractivity contribution >= 4 is 34.8 Å². The van der Waals surface area contributed by atoms with E-state index in [1.807, 2.05) is 36.2 Å². The van der Waals surface area contributed by atoms with Gasteiger partial charge in [0, 0.05) is 24.0 Å². The van der Waals surface area contributed by atoms with E-state index in [1.165, 1.54) is 24.2 Å². The monoisotopic (exact) mass is 359 g/mol. The van der Waals surface area contributed by atoms with Gasteiger partial charge in [-0.15, -0.1) is 10.2 Å². The zero-order valence-electron chi connectivity index (χ0n) is 13.2. The normalized spacial score (nSPS) is 17.5. The summed E-state index contributed by atoms with van der Waals surface area (Å²) in [6, 6.07) is 7.93. The second kappa shape index (κ2) is 6.99. The van der Waals surface area contributed by atoms with Gasteiger partial charge < -0.3 is 5.32 Å². The van der Waals surface area contributed by atoms with Crippen LogP contribution in [0, 0.1) is 0 Å². The SMILES string of the molecule is Clc1cccc(CCNc2nccn3c([C@@H]4CCCS4)nnc23)c1. The molecule has 0 amide bonds. The number of thioether (sulfide) groups is 1. The van der Waals surface area contributed by atoms with Crippen LogP contribution >= 0.6 is 23.4 Å². The number of hydrogen-bond acceptors (Lipinski definition) is 5. The lowest BCUT2D eigenvalue weighted by Crippen LogP contribution is -2.08. The van der Waals surface area contributed by atoms with E-state index < -0.39 is 0 Å². The van der Waals surface area contributed by atoms with E-state index in [1.54, 1.807) is 6.20 Å². The van der Waals surface area contributed by atoms with Crippen LogP contribution in [0.5, 0.6) is 0 Å². The van der Waals surface area contributed by atoms with Gasteiger partial charge in [-0.2, -0.15) is 11.8 Å². The van der Waals surface area contributed by atoms with Gasteiger partial charge in [-0.3, -0.25) is 4.40 Å². The molecule has 1 atom stereocenters. The molecule has 2 aromatic heterocycles. The highest BCUT2D eigenvalue weighted by Gasteiger charge is 2.23. The number of nitrogens with one attached hydrogen (secondary N) is 1. The van der Waals surface area contributed by atoms with Gasteiger partial charge in [0.2, 0.25) is 5.65 Å². The van der Waals surface area contributed by atoms with Crippen LogP contribution in [0.25, 0.3) is 5.65 Å². The molecule has 1 fully saturated rings. The molecule has 3 heterocycles. The van der Waals surface area contributed by atoms with Gasteiger partial charge in [0.1, 0.15) is 0 Å². The summed E-state index contributed by atoms with van der Waals surface area (Å²) in [7, 11) is 0. The molecular formula is C17H18ClN5S. The molecule has 1 N–H and O–H groups in total. The Hall–Kier alpha value is -1.79. The first kappa shape index (κ1) is 15.7. The fraction of sp³-hybridized carbons (Fsp3) is 0.353. The molecule has 0 saturated carbocycles. The molecule has 24 heavy (non-hydrogen) atoms. The maximum atomic E-state index is 6.03. The third-order valence-electron chi connectivity index (χ3n) is 4.17. The number of anilines is 1. The molecule has 0 spiro atoms. The molecule has 1 saturated heterocycles. The lowest BCUT2D eigenvalue weighted by atomic mass is 10.1.